The highest BCUT2D eigenvalue weighted by Crippen LogP contribution is 2.22. The van der Waals surface area contributed by atoms with E-state index in [-0.39, 0.29) is 18.8 Å². The van der Waals surface area contributed by atoms with Gasteiger partial charge in [0.15, 0.2) is 0 Å². The Balaban J connectivity index is 4.19. The molecule has 0 bridgehead atoms. The van der Waals surface area contributed by atoms with Gasteiger partial charge >= 0.3 is 0 Å². The zero-order valence-corrected chi connectivity index (χ0v) is 11.7. The van der Waals surface area contributed by atoms with Crippen molar-refractivity contribution in [2.24, 2.45) is 5.92 Å². The van der Waals surface area contributed by atoms with Crippen LogP contribution in [-0.2, 0) is 0 Å². The minimum absolute atomic E-state index is 0.182. The smallest absolute Gasteiger partial charge is 0.0748 e. The molecule has 0 rings (SSSR count). The summed E-state index contributed by atoms with van der Waals surface area (Å²) in [5.41, 5.74) is 0. The van der Waals surface area contributed by atoms with Gasteiger partial charge in [0.1, 0.15) is 0 Å². The number of rotatable bonds is 8. The molecule has 0 saturated carbocycles. The molecule has 4 atom stereocenters. The molecule has 0 aromatic heterocycles. The topological polar surface area (TPSA) is 60.7 Å². The Kier molecular flexibility index (Phi) is 9.02. The maximum Gasteiger partial charge on any atom is 0.0748 e. The Morgan fingerprint density at radius 3 is 2.39 bits per heavy atom. The summed E-state index contributed by atoms with van der Waals surface area (Å²) in [6.07, 6.45) is 4.58. The van der Waals surface area contributed by atoms with Gasteiger partial charge in [-0.2, -0.15) is 0 Å². The van der Waals surface area contributed by atoms with Crippen LogP contribution in [0.4, 0.5) is 0 Å². The summed E-state index contributed by atoms with van der Waals surface area (Å²) in [7, 11) is 0. The van der Waals surface area contributed by atoms with Gasteiger partial charge in [-0.05, 0) is 13.3 Å². The first kappa shape index (κ1) is 17.4. The minimum Gasteiger partial charge on any atom is -0.393 e. The second-order valence-corrected chi connectivity index (χ2v) is 4.78. The fraction of sp³-hybridized carbons (Fsp3) is 0.571. The van der Waals surface area contributed by atoms with E-state index in [1.54, 1.807) is 38.2 Å². The highest BCUT2D eigenvalue weighted by molar-refractivity contribution is 6.29. The predicted octanol–water partition coefficient (Wildman–Crippen LogP) is 2.37. The van der Waals surface area contributed by atoms with Crippen LogP contribution in [0, 0.1) is 5.92 Å². The van der Waals surface area contributed by atoms with Gasteiger partial charge in [-0.3, -0.25) is 0 Å². The third kappa shape index (κ3) is 6.97. The molecule has 0 aliphatic carbocycles. The van der Waals surface area contributed by atoms with E-state index in [2.05, 4.69) is 6.58 Å². The number of halogens is 1. The van der Waals surface area contributed by atoms with E-state index in [4.69, 9.17) is 11.6 Å². The van der Waals surface area contributed by atoms with Crippen LogP contribution in [-0.4, -0.2) is 33.6 Å². The lowest BCUT2D eigenvalue weighted by atomic mass is 9.96. The molecule has 0 saturated heterocycles. The Morgan fingerprint density at radius 2 is 1.89 bits per heavy atom. The fourth-order valence-corrected chi connectivity index (χ4v) is 1.74. The SMILES string of the molecule is C=C/C=C/C(O)CC(O)CC(O)C(C)/C(Cl)=C/C. The van der Waals surface area contributed by atoms with Gasteiger partial charge in [-0.1, -0.05) is 49.4 Å². The fourth-order valence-electron chi connectivity index (χ4n) is 1.59. The lowest BCUT2D eigenvalue weighted by Crippen LogP contribution is -2.26. The van der Waals surface area contributed by atoms with Crippen LogP contribution < -0.4 is 0 Å². The van der Waals surface area contributed by atoms with Crippen molar-refractivity contribution in [1.29, 1.82) is 0 Å². The van der Waals surface area contributed by atoms with Crippen molar-refractivity contribution >= 4 is 11.6 Å². The average Bonchev–Trinajstić information content (AvgIpc) is 2.33. The summed E-state index contributed by atoms with van der Waals surface area (Å²) in [4.78, 5) is 0. The molecule has 0 aliphatic heterocycles. The van der Waals surface area contributed by atoms with E-state index in [9.17, 15) is 15.3 Å². The first-order valence-electron chi connectivity index (χ1n) is 6.07. The van der Waals surface area contributed by atoms with Gasteiger partial charge in [0.2, 0.25) is 0 Å². The molecule has 0 heterocycles. The molecular weight excluding hydrogens is 252 g/mol. The van der Waals surface area contributed by atoms with Crippen molar-refractivity contribution in [2.75, 3.05) is 0 Å². The van der Waals surface area contributed by atoms with E-state index >= 15 is 0 Å². The average molecular weight is 275 g/mol. The number of hydrogen-bond donors (Lipinski definition) is 3. The van der Waals surface area contributed by atoms with Gasteiger partial charge in [-0.15, -0.1) is 0 Å². The van der Waals surface area contributed by atoms with Crippen LogP contribution in [0.3, 0.4) is 0 Å². The van der Waals surface area contributed by atoms with Crippen molar-refractivity contribution in [3.63, 3.8) is 0 Å². The number of hydrogen-bond acceptors (Lipinski definition) is 3. The lowest BCUT2D eigenvalue weighted by Gasteiger charge is -2.22. The Bertz CT molecular complexity index is 299. The van der Waals surface area contributed by atoms with Crippen LogP contribution in [0.1, 0.15) is 26.7 Å². The largest absolute Gasteiger partial charge is 0.393 e. The second-order valence-electron chi connectivity index (χ2n) is 4.34. The molecule has 3 nitrogen and oxygen atoms in total. The highest BCUT2D eigenvalue weighted by Gasteiger charge is 2.21. The molecule has 0 radical (unpaired) electrons. The van der Waals surface area contributed by atoms with Crippen molar-refractivity contribution in [1.82, 2.24) is 0 Å². The summed E-state index contributed by atoms with van der Waals surface area (Å²) in [5.74, 6) is -0.216. The summed E-state index contributed by atoms with van der Waals surface area (Å²) in [6.45, 7) is 7.09. The summed E-state index contributed by atoms with van der Waals surface area (Å²) in [6, 6.07) is 0. The molecule has 0 spiro atoms. The van der Waals surface area contributed by atoms with Crippen molar-refractivity contribution < 1.29 is 15.3 Å². The molecule has 104 valence electrons. The van der Waals surface area contributed by atoms with Crippen LogP contribution in [0.25, 0.3) is 0 Å². The molecule has 4 unspecified atom stereocenters. The Hall–Kier alpha value is -0.610. The third-order valence-corrected chi connectivity index (χ3v) is 3.35. The van der Waals surface area contributed by atoms with E-state index < -0.39 is 18.3 Å². The van der Waals surface area contributed by atoms with Crippen LogP contribution in [0.2, 0.25) is 0 Å². The molecule has 0 amide bonds. The maximum atomic E-state index is 9.88. The zero-order valence-electron chi connectivity index (χ0n) is 11.0. The normalized spacial score (nSPS) is 19.6. The van der Waals surface area contributed by atoms with E-state index in [0.717, 1.165) is 0 Å². The summed E-state index contributed by atoms with van der Waals surface area (Å²) < 4.78 is 0. The van der Waals surface area contributed by atoms with Crippen LogP contribution in [0.5, 0.6) is 0 Å². The molecule has 18 heavy (non-hydrogen) atoms. The molecule has 0 aromatic carbocycles. The monoisotopic (exact) mass is 274 g/mol. The Labute approximate surface area is 114 Å². The van der Waals surface area contributed by atoms with Crippen LogP contribution >= 0.6 is 11.6 Å². The quantitative estimate of drug-likeness (QED) is 0.596. The van der Waals surface area contributed by atoms with Crippen molar-refractivity contribution in [2.45, 2.75) is 45.0 Å². The number of aliphatic hydroxyl groups is 3. The number of aliphatic hydroxyl groups excluding tert-OH is 3. The molecule has 0 aromatic rings. The number of allylic oxidation sites excluding steroid dienone is 3. The summed E-state index contributed by atoms with van der Waals surface area (Å²) >= 11 is 5.92. The Morgan fingerprint density at radius 1 is 1.28 bits per heavy atom. The minimum atomic E-state index is -0.770. The molecule has 4 heteroatoms. The van der Waals surface area contributed by atoms with Gasteiger partial charge in [-0.25, -0.2) is 0 Å². The zero-order chi connectivity index (χ0) is 14.1. The third-order valence-electron chi connectivity index (χ3n) is 2.78. The molecule has 0 fully saturated rings. The second kappa shape index (κ2) is 9.34. The van der Waals surface area contributed by atoms with Gasteiger partial charge in [0.05, 0.1) is 18.3 Å². The lowest BCUT2D eigenvalue weighted by molar-refractivity contribution is 0.0372. The van der Waals surface area contributed by atoms with Gasteiger partial charge in [0, 0.05) is 17.4 Å². The summed E-state index contributed by atoms with van der Waals surface area (Å²) in [5, 5.41) is 29.7. The van der Waals surface area contributed by atoms with Crippen molar-refractivity contribution in [3.8, 4) is 0 Å². The standard InChI is InChI=1S/C14H23ClO3/c1-4-6-7-11(16)8-12(17)9-14(18)10(3)13(15)5-2/h4-7,10-12,14,16-18H,1,8-9H2,2-3H3/b7-6+,13-5-. The van der Waals surface area contributed by atoms with Gasteiger partial charge < -0.3 is 15.3 Å². The first-order valence-corrected chi connectivity index (χ1v) is 6.45. The first-order chi connectivity index (χ1) is 8.42. The maximum absolute atomic E-state index is 9.88. The molecule has 0 aliphatic rings. The highest BCUT2D eigenvalue weighted by atomic mass is 35.5. The van der Waals surface area contributed by atoms with Gasteiger partial charge in [0.25, 0.3) is 0 Å². The molecular formula is C14H23ClO3. The van der Waals surface area contributed by atoms with E-state index in [0.29, 0.717) is 5.03 Å². The van der Waals surface area contributed by atoms with Crippen molar-refractivity contribution in [3.05, 3.63) is 35.9 Å². The van der Waals surface area contributed by atoms with E-state index in [1.165, 1.54) is 0 Å². The predicted molar refractivity (Wildman–Crippen MR) is 75.4 cm³/mol. The van der Waals surface area contributed by atoms with E-state index in [1.807, 2.05) is 0 Å². The molecule has 3 N–H and O–H groups in total. The van der Waals surface area contributed by atoms with Crippen LogP contribution in [0.15, 0.2) is 35.9 Å².